The highest BCUT2D eigenvalue weighted by atomic mass is 15.2. The van der Waals surface area contributed by atoms with E-state index in [4.69, 9.17) is 0 Å². The standard InChI is InChI=1S/C16H28N2/c1-5-7-8-13-16(6-2,17-4)18-15-11-9-14(3)10-12-15/h9-12,17-18H,5-8,13H2,1-4H3. The number of rotatable bonds is 8. The van der Waals surface area contributed by atoms with Crippen molar-refractivity contribution < 1.29 is 0 Å². The van der Waals surface area contributed by atoms with Gasteiger partial charge in [-0.25, -0.2) is 0 Å². The van der Waals surface area contributed by atoms with Crippen LogP contribution in [0.1, 0.15) is 51.5 Å². The number of benzene rings is 1. The van der Waals surface area contributed by atoms with Crippen LogP contribution >= 0.6 is 0 Å². The maximum absolute atomic E-state index is 3.67. The number of hydrogen-bond donors (Lipinski definition) is 2. The zero-order chi connectivity index (χ0) is 13.4. The van der Waals surface area contributed by atoms with Crippen molar-refractivity contribution in [3.8, 4) is 0 Å². The summed E-state index contributed by atoms with van der Waals surface area (Å²) in [6.45, 7) is 6.61. The predicted octanol–water partition coefficient (Wildman–Crippen LogP) is 4.31. The lowest BCUT2D eigenvalue weighted by Crippen LogP contribution is -2.49. The van der Waals surface area contributed by atoms with Gasteiger partial charge in [-0.3, -0.25) is 5.32 Å². The summed E-state index contributed by atoms with van der Waals surface area (Å²) < 4.78 is 0. The minimum atomic E-state index is 0.0322. The lowest BCUT2D eigenvalue weighted by molar-refractivity contribution is 0.345. The Morgan fingerprint density at radius 2 is 1.72 bits per heavy atom. The molecular formula is C16H28N2. The molecule has 1 aromatic rings. The Kier molecular flexibility index (Phi) is 6.20. The molecule has 0 amide bonds. The number of anilines is 1. The maximum atomic E-state index is 3.67. The molecule has 0 saturated carbocycles. The van der Waals surface area contributed by atoms with E-state index >= 15 is 0 Å². The second-order valence-corrected chi connectivity index (χ2v) is 5.13. The molecule has 0 aliphatic heterocycles. The van der Waals surface area contributed by atoms with E-state index in [-0.39, 0.29) is 5.66 Å². The third-order valence-electron chi connectivity index (χ3n) is 3.72. The molecule has 0 fully saturated rings. The van der Waals surface area contributed by atoms with Gasteiger partial charge < -0.3 is 5.32 Å². The molecular weight excluding hydrogens is 220 g/mol. The lowest BCUT2D eigenvalue weighted by atomic mass is 9.98. The van der Waals surface area contributed by atoms with Crippen LogP contribution in [0.25, 0.3) is 0 Å². The third kappa shape index (κ3) is 4.34. The van der Waals surface area contributed by atoms with Crippen LogP contribution < -0.4 is 10.6 Å². The second-order valence-electron chi connectivity index (χ2n) is 5.13. The van der Waals surface area contributed by atoms with E-state index in [1.807, 2.05) is 0 Å². The Bertz CT molecular complexity index is 325. The fourth-order valence-corrected chi connectivity index (χ4v) is 2.28. The topological polar surface area (TPSA) is 24.1 Å². The highest BCUT2D eigenvalue weighted by molar-refractivity contribution is 5.46. The maximum Gasteiger partial charge on any atom is 0.0876 e. The highest BCUT2D eigenvalue weighted by Gasteiger charge is 2.24. The van der Waals surface area contributed by atoms with Crippen molar-refractivity contribution in [2.24, 2.45) is 0 Å². The van der Waals surface area contributed by atoms with E-state index in [1.54, 1.807) is 0 Å². The first kappa shape index (κ1) is 15.0. The molecule has 0 aliphatic carbocycles. The van der Waals surface area contributed by atoms with Gasteiger partial charge >= 0.3 is 0 Å². The van der Waals surface area contributed by atoms with Gasteiger partial charge in [0.25, 0.3) is 0 Å². The molecule has 1 aromatic carbocycles. The van der Waals surface area contributed by atoms with E-state index in [0.29, 0.717) is 0 Å². The summed E-state index contributed by atoms with van der Waals surface area (Å²) in [6.07, 6.45) is 6.10. The van der Waals surface area contributed by atoms with Crippen molar-refractivity contribution in [2.45, 2.75) is 58.5 Å². The van der Waals surface area contributed by atoms with Crippen LogP contribution in [0, 0.1) is 6.92 Å². The smallest absolute Gasteiger partial charge is 0.0876 e. The van der Waals surface area contributed by atoms with Gasteiger partial charge in [-0.15, -0.1) is 0 Å². The molecule has 102 valence electrons. The van der Waals surface area contributed by atoms with Crippen LogP contribution in [0.3, 0.4) is 0 Å². The van der Waals surface area contributed by atoms with Crippen molar-refractivity contribution >= 4 is 5.69 Å². The van der Waals surface area contributed by atoms with Crippen molar-refractivity contribution in [1.29, 1.82) is 0 Å². The van der Waals surface area contributed by atoms with Crippen LogP contribution in [0.2, 0.25) is 0 Å². The Balaban J connectivity index is 2.68. The van der Waals surface area contributed by atoms with Gasteiger partial charge in [-0.2, -0.15) is 0 Å². The molecule has 1 unspecified atom stereocenters. The molecule has 2 N–H and O–H groups in total. The van der Waals surface area contributed by atoms with Gasteiger partial charge in [-0.1, -0.05) is 44.4 Å². The summed E-state index contributed by atoms with van der Waals surface area (Å²) in [7, 11) is 2.05. The monoisotopic (exact) mass is 248 g/mol. The highest BCUT2D eigenvalue weighted by Crippen LogP contribution is 2.22. The average molecular weight is 248 g/mol. The van der Waals surface area contributed by atoms with Crippen molar-refractivity contribution in [3.05, 3.63) is 29.8 Å². The number of hydrogen-bond acceptors (Lipinski definition) is 2. The van der Waals surface area contributed by atoms with Crippen LogP contribution in [-0.2, 0) is 0 Å². The first-order valence-electron chi connectivity index (χ1n) is 7.19. The Hall–Kier alpha value is -1.02. The van der Waals surface area contributed by atoms with Gasteiger partial charge in [0.2, 0.25) is 0 Å². The molecule has 2 heteroatoms. The molecule has 18 heavy (non-hydrogen) atoms. The first-order chi connectivity index (χ1) is 8.65. The molecule has 0 saturated heterocycles. The SMILES string of the molecule is CCCCCC(CC)(NC)Nc1ccc(C)cc1. The average Bonchev–Trinajstić information content (AvgIpc) is 2.40. The van der Waals surface area contributed by atoms with Gasteiger partial charge in [0, 0.05) is 5.69 Å². The molecule has 0 aliphatic rings. The van der Waals surface area contributed by atoms with E-state index in [1.165, 1.54) is 36.9 Å². The number of nitrogens with one attached hydrogen (secondary N) is 2. The number of aryl methyl sites for hydroxylation is 1. The Morgan fingerprint density at radius 3 is 2.22 bits per heavy atom. The van der Waals surface area contributed by atoms with Gasteiger partial charge in [0.05, 0.1) is 5.66 Å². The van der Waals surface area contributed by atoms with Crippen LogP contribution in [-0.4, -0.2) is 12.7 Å². The van der Waals surface area contributed by atoms with Crippen molar-refractivity contribution in [3.63, 3.8) is 0 Å². The zero-order valence-electron chi connectivity index (χ0n) is 12.3. The molecule has 1 rings (SSSR count). The molecule has 0 radical (unpaired) electrons. The Morgan fingerprint density at radius 1 is 1.06 bits per heavy atom. The van der Waals surface area contributed by atoms with Gasteiger partial charge in [-0.05, 0) is 45.4 Å². The van der Waals surface area contributed by atoms with Crippen molar-refractivity contribution in [1.82, 2.24) is 5.32 Å². The summed E-state index contributed by atoms with van der Waals surface area (Å²) in [5, 5.41) is 7.14. The summed E-state index contributed by atoms with van der Waals surface area (Å²) in [4.78, 5) is 0. The van der Waals surface area contributed by atoms with E-state index in [2.05, 4.69) is 62.7 Å². The lowest BCUT2D eigenvalue weighted by Gasteiger charge is -2.35. The minimum Gasteiger partial charge on any atom is -0.367 e. The summed E-state index contributed by atoms with van der Waals surface area (Å²) in [6, 6.07) is 8.64. The van der Waals surface area contributed by atoms with Crippen molar-refractivity contribution in [2.75, 3.05) is 12.4 Å². The second kappa shape index (κ2) is 7.42. The molecule has 0 bridgehead atoms. The van der Waals surface area contributed by atoms with Crippen LogP contribution in [0.15, 0.2) is 24.3 Å². The summed E-state index contributed by atoms with van der Waals surface area (Å²) in [5.74, 6) is 0. The number of unbranched alkanes of at least 4 members (excludes halogenated alkanes) is 2. The molecule has 0 spiro atoms. The zero-order valence-corrected chi connectivity index (χ0v) is 12.3. The van der Waals surface area contributed by atoms with E-state index < -0.39 is 0 Å². The normalized spacial score (nSPS) is 14.2. The predicted molar refractivity (Wildman–Crippen MR) is 81.0 cm³/mol. The summed E-state index contributed by atoms with van der Waals surface area (Å²) >= 11 is 0. The van der Waals surface area contributed by atoms with Crippen LogP contribution in [0.4, 0.5) is 5.69 Å². The van der Waals surface area contributed by atoms with E-state index in [0.717, 1.165) is 6.42 Å². The molecule has 2 nitrogen and oxygen atoms in total. The van der Waals surface area contributed by atoms with Gasteiger partial charge in [0.15, 0.2) is 0 Å². The van der Waals surface area contributed by atoms with Crippen LogP contribution in [0.5, 0.6) is 0 Å². The molecule has 1 atom stereocenters. The van der Waals surface area contributed by atoms with E-state index in [9.17, 15) is 0 Å². The molecule has 0 heterocycles. The third-order valence-corrected chi connectivity index (χ3v) is 3.72. The quantitative estimate of drug-likeness (QED) is 0.529. The molecule has 0 aromatic heterocycles. The van der Waals surface area contributed by atoms with Gasteiger partial charge in [0.1, 0.15) is 0 Å². The summed E-state index contributed by atoms with van der Waals surface area (Å²) in [5.41, 5.74) is 2.54. The minimum absolute atomic E-state index is 0.0322. The fourth-order valence-electron chi connectivity index (χ4n) is 2.28. The largest absolute Gasteiger partial charge is 0.367 e. The first-order valence-corrected chi connectivity index (χ1v) is 7.19. The fraction of sp³-hybridized carbons (Fsp3) is 0.625. The Labute approximate surface area is 112 Å².